The van der Waals surface area contributed by atoms with Crippen LogP contribution in [0.3, 0.4) is 0 Å². The molecule has 1 aromatic heterocycles. The number of rotatable bonds is 6. The number of methoxy groups -OCH3 is 1. The molecular formula is C16H24FN3O4. The van der Waals surface area contributed by atoms with Gasteiger partial charge in [-0.05, 0) is 51.7 Å². The molecule has 0 aliphatic heterocycles. The zero-order valence-electron chi connectivity index (χ0n) is 14.4. The largest absolute Gasteiger partial charge is 0.467 e. The Balaban J connectivity index is 2.62. The Bertz CT molecular complexity index is 587. The lowest BCUT2D eigenvalue weighted by molar-refractivity contribution is -0.143. The molecule has 8 heteroatoms. The Kier molecular flexibility index (Phi) is 6.94. The number of nitrogens with two attached hydrogens (primary N) is 1. The maximum atomic E-state index is 13.2. The van der Waals surface area contributed by atoms with Gasteiger partial charge in [0, 0.05) is 0 Å². The van der Waals surface area contributed by atoms with E-state index in [9.17, 15) is 14.0 Å². The molecule has 1 rings (SSSR count). The minimum Gasteiger partial charge on any atom is -0.467 e. The zero-order valence-corrected chi connectivity index (χ0v) is 14.4. The van der Waals surface area contributed by atoms with E-state index in [2.05, 4.69) is 15.0 Å². The molecule has 0 saturated carbocycles. The van der Waals surface area contributed by atoms with Gasteiger partial charge in [0.1, 0.15) is 23.3 Å². The number of nitrogens with zero attached hydrogens (tertiary/aromatic N) is 1. The third kappa shape index (κ3) is 6.80. The monoisotopic (exact) mass is 341 g/mol. The summed E-state index contributed by atoms with van der Waals surface area (Å²) in [5.41, 5.74) is 5.56. The van der Waals surface area contributed by atoms with Crippen LogP contribution in [-0.2, 0) is 20.7 Å². The maximum Gasteiger partial charge on any atom is 0.408 e. The maximum absolute atomic E-state index is 13.2. The predicted molar refractivity (Wildman–Crippen MR) is 86.7 cm³/mol. The lowest BCUT2D eigenvalue weighted by Crippen LogP contribution is -2.44. The molecule has 0 aliphatic rings. The molecule has 0 aromatic carbocycles. The highest BCUT2D eigenvalue weighted by Crippen LogP contribution is 2.15. The lowest BCUT2D eigenvalue weighted by atomic mass is 10.1. The highest BCUT2D eigenvalue weighted by molar-refractivity contribution is 5.81. The van der Waals surface area contributed by atoms with Crippen LogP contribution in [-0.4, -0.2) is 35.8 Å². The summed E-state index contributed by atoms with van der Waals surface area (Å²) in [4.78, 5) is 27.3. The Hall–Kier alpha value is -2.38. The molecule has 7 nitrogen and oxygen atoms in total. The normalized spacial score (nSPS) is 12.4. The second kappa shape index (κ2) is 8.47. The van der Waals surface area contributed by atoms with Crippen molar-refractivity contribution >= 4 is 17.9 Å². The van der Waals surface area contributed by atoms with Gasteiger partial charge in [-0.3, -0.25) is 0 Å². The van der Waals surface area contributed by atoms with Gasteiger partial charge in [-0.25, -0.2) is 19.0 Å². The average Bonchev–Trinajstić information content (AvgIpc) is 2.47. The number of hydrogen-bond acceptors (Lipinski definition) is 6. The first kappa shape index (κ1) is 19.7. The number of halogens is 1. The van der Waals surface area contributed by atoms with Gasteiger partial charge < -0.3 is 20.5 Å². The van der Waals surface area contributed by atoms with Gasteiger partial charge in [0.05, 0.1) is 13.3 Å². The molecule has 1 atom stereocenters. The summed E-state index contributed by atoms with van der Waals surface area (Å²) >= 11 is 0. The van der Waals surface area contributed by atoms with Crippen LogP contribution < -0.4 is 11.1 Å². The summed E-state index contributed by atoms with van der Waals surface area (Å²) in [6.45, 7) is 5.17. The minimum absolute atomic E-state index is 0.242. The van der Waals surface area contributed by atoms with E-state index in [1.165, 1.54) is 13.2 Å². The summed E-state index contributed by atoms with van der Waals surface area (Å²) < 4.78 is 23.0. The van der Waals surface area contributed by atoms with E-state index >= 15 is 0 Å². The zero-order chi connectivity index (χ0) is 18.3. The standard InChI is InChI=1S/C16H24FN3O4/c1-16(2,3)24-15(22)20-12(14(21)23-4)7-5-6-10-8-11(17)9-19-13(10)18/h8-9,12H,5-7H2,1-4H3,(H2,18,19)(H,20,22)/t12-/m0/s1. The molecular weight excluding hydrogens is 317 g/mol. The van der Waals surface area contributed by atoms with Crippen LogP contribution in [0.5, 0.6) is 0 Å². The van der Waals surface area contributed by atoms with Crippen LogP contribution in [0.25, 0.3) is 0 Å². The van der Waals surface area contributed by atoms with Crippen molar-refractivity contribution in [2.24, 2.45) is 0 Å². The van der Waals surface area contributed by atoms with Crippen molar-refractivity contribution in [1.29, 1.82) is 0 Å². The Labute approximate surface area is 140 Å². The lowest BCUT2D eigenvalue weighted by Gasteiger charge is -2.22. The van der Waals surface area contributed by atoms with Crippen molar-refractivity contribution in [1.82, 2.24) is 10.3 Å². The van der Waals surface area contributed by atoms with Gasteiger partial charge in [0.15, 0.2) is 0 Å². The van der Waals surface area contributed by atoms with E-state index < -0.39 is 29.5 Å². The number of carbonyl (C=O) groups excluding carboxylic acids is 2. The van der Waals surface area contributed by atoms with Crippen LogP contribution in [0, 0.1) is 5.82 Å². The molecule has 0 spiro atoms. The first-order valence-electron chi connectivity index (χ1n) is 7.59. The molecule has 3 N–H and O–H groups in total. The average molecular weight is 341 g/mol. The van der Waals surface area contributed by atoms with Crippen LogP contribution >= 0.6 is 0 Å². The highest BCUT2D eigenvalue weighted by Gasteiger charge is 2.24. The van der Waals surface area contributed by atoms with Crippen molar-refractivity contribution in [2.45, 2.75) is 51.7 Å². The number of nitrogens with one attached hydrogen (secondary N) is 1. The molecule has 0 radical (unpaired) electrons. The minimum atomic E-state index is -0.854. The first-order chi connectivity index (χ1) is 11.1. The van der Waals surface area contributed by atoms with Gasteiger partial charge >= 0.3 is 12.1 Å². The van der Waals surface area contributed by atoms with E-state index in [-0.39, 0.29) is 5.82 Å². The molecule has 1 heterocycles. The molecule has 134 valence electrons. The molecule has 24 heavy (non-hydrogen) atoms. The fourth-order valence-electron chi connectivity index (χ4n) is 2.03. The summed E-state index contributed by atoms with van der Waals surface area (Å²) in [7, 11) is 1.24. The summed E-state index contributed by atoms with van der Waals surface area (Å²) in [6.07, 6.45) is 1.53. The topological polar surface area (TPSA) is 104 Å². The van der Waals surface area contributed by atoms with Crippen LogP contribution in [0.2, 0.25) is 0 Å². The third-order valence-electron chi connectivity index (χ3n) is 3.08. The molecule has 0 bridgehead atoms. The van der Waals surface area contributed by atoms with E-state index in [1.807, 2.05) is 0 Å². The van der Waals surface area contributed by atoms with Crippen LogP contribution in [0.15, 0.2) is 12.3 Å². The van der Waals surface area contributed by atoms with Crippen molar-refractivity contribution in [3.8, 4) is 0 Å². The molecule has 1 amide bonds. The molecule has 0 aliphatic carbocycles. The summed E-state index contributed by atoms with van der Waals surface area (Å²) in [5, 5.41) is 2.48. The number of aryl methyl sites for hydroxylation is 1. The Morgan fingerprint density at radius 2 is 2.08 bits per heavy atom. The van der Waals surface area contributed by atoms with E-state index in [0.717, 1.165) is 6.20 Å². The number of amides is 1. The van der Waals surface area contributed by atoms with Crippen LogP contribution in [0.1, 0.15) is 39.2 Å². The first-order valence-corrected chi connectivity index (χ1v) is 7.59. The number of esters is 1. The quantitative estimate of drug-likeness (QED) is 0.769. The predicted octanol–water partition coefficient (Wildman–Crippen LogP) is 2.19. The van der Waals surface area contributed by atoms with Crippen molar-refractivity contribution in [2.75, 3.05) is 12.8 Å². The summed E-state index contributed by atoms with van der Waals surface area (Å²) in [5.74, 6) is -0.812. The second-order valence-corrected chi connectivity index (χ2v) is 6.31. The number of ether oxygens (including phenoxy) is 2. The van der Waals surface area contributed by atoms with E-state index in [0.29, 0.717) is 24.8 Å². The van der Waals surface area contributed by atoms with E-state index in [4.69, 9.17) is 10.5 Å². The Morgan fingerprint density at radius 1 is 1.42 bits per heavy atom. The van der Waals surface area contributed by atoms with Crippen molar-refractivity contribution in [3.05, 3.63) is 23.6 Å². The van der Waals surface area contributed by atoms with Gasteiger partial charge in [-0.1, -0.05) is 0 Å². The smallest absolute Gasteiger partial charge is 0.408 e. The van der Waals surface area contributed by atoms with Crippen molar-refractivity contribution < 1.29 is 23.5 Å². The second-order valence-electron chi connectivity index (χ2n) is 6.31. The van der Waals surface area contributed by atoms with Crippen LogP contribution in [0.4, 0.5) is 15.0 Å². The number of nitrogen functional groups attached to an aromatic ring is 1. The fraction of sp³-hybridized carbons (Fsp3) is 0.562. The highest BCUT2D eigenvalue weighted by atomic mass is 19.1. The molecule has 0 fully saturated rings. The van der Waals surface area contributed by atoms with Gasteiger partial charge in [-0.2, -0.15) is 0 Å². The number of alkyl carbamates (subject to hydrolysis) is 1. The SMILES string of the molecule is COC(=O)[C@H](CCCc1cc(F)cnc1N)NC(=O)OC(C)(C)C. The molecule has 0 unspecified atom stereocenters. The number of aromatic nitrogens is 1. The number of anilines is 1. The number of pyridine rings is 1. The van der Waals surface area contributed by atoms with E-state index in [1.54, 1.807) is 20.8 Å². The molecule has 1 aromatic rings. The fourth-order valence-corrected chi connectivity index (χ4v) is 2.03. The Morgan fingerprint density at radius 3 is 2.67 bits per heavy atom. The summed E-state index contributed by atoms with van der Waals surface area (Å²) in [6, 6.07) is 0.448. The van der Waals surface area contributed by atoms with Gasteiger partial charge in [0.2, 0.25) is 0 Å². The number of hydrogen-bond donors (Lipinski definition) is 2. The van der Waals surface area contributed by atoms with Gasteiger partial charge in [0.25, 0.3) is 0 Å². The van der Waals surface area contributed by atoms with Gasteiger partial charge in [-0.15, -0.1) is 0 Å². The van der Waals surface area contributed by atoms with Crippen molar-refractivity contribution in [3.63, 3.8) is 0 Å². The molecule has 0 saturated heterocycles. The number of carbonyl (C=O) groups is 2. The third-order valence-corrected chi connectivity index (χ3v) is 3.08.